The van der Waals surface area contributed by atoms with Gasteiger partial charge in [-0.05, 0) is 23.8 Å². The number of thiophene rings is 1. The fraction of sp³-hybridized carbons (Fsp3) is 0. The highest BCUT2D eigenvalue weighted by Crippen LogP contribution is 2.44. The third kappa shape index (κ3) is 4.06. The molecule has 0 amide bonds. The van der Waals surface area contributed by atoms with E-state index >= 15 is 0 Å². The van der Waals surface area contributed by atoms with Gasteiger partial charge in [0.2, 0.25) is 0 Å². The van der Waals surface area contributed by atoms with Crippen LogP contribution in [0.5, 0.6) is 0 Å². The number of rotatable bonds is 4. The molecule has 3 heterocycles. The van der Waals surface area contributed by atoms with E-state index in [1.54, 1.807) is 0 Å². The summed E-state index contributed by atoms with van der Waals surface area (Å²) in [5, 5.41) is 3.51. The molecule has 3 aromatic heterocycles. The Kier molecular flexibility index (Phi) is 5.61. The topological polar surface area (TPSA) is 51.6 Å². The van der Waals surface area contributed by atoms with Gasteiger partial charge < -0.3 is 0 Å². The number of aromatic nitrogens is 4. The fourth-order valence-electron chi connectivity index (χ4n) is 5.51. The van der Waals surface area contributed by atoms with Gasteiger partial charge in [0.25, 0.3) is 0 Å². The summed E-state index contributed by atoms with van der Waals surface area (Å²) in [5.41, 5.74) is 6.31. The van der Waals surface area contributed by atoms with Crippen LogP contribution >= 0.6 is 11.3 Å². The molecule has 0 spiro atoms. The van der Waals surface area contributed by atoms with Crippen molar-refractivity contribution < 1.29 is 0 Å². The first-order valence-corrected chi connectivity index (χ1v) is 14.3. The minimum atomic E-state index is 0.662. The molecule has 0 saturated carbocycles. The van der Waals surface area contributed by atoms with Crippen LogP contribution in [0.4, 0.5) is 0 Å². The van der Waals surface area contributed by atoms with Gasteiger partial charge in [-0.25, -0.2) is 15.0 Å². The molecule has 0 unspecified atom stereocenters. The van der Waals surface area contributed by atoms with E-state index in [1.165, 1.54) is 25.9 Å². The normalized spacial score (nSPS) is 11.4. The minimum Gasteiger partial charge on any atom is -0.256 e. The first kappa shape index (κ1) is 23.6. The van der Waals surface area contributed by atoms with Crippen molar-refractivity contribution in [2.24, 2.45) is 0 Å². The van der Waals surface area contributed by atoms with E-state index in [0.29, 0.717) is 17.5 Å². The van der Waals surface area contributed by atoms with Crippen molar-refractivity contribution in [1.29, 1.82) is 0 Å². The third-order valence-corrected chi connectivity index (χ3v) is 8.60. The average molecular weight is 543 g/mol. The van der Waals surface area contributed by atoms with Gasteiger partial charge in [-0.2, -0.15) is 0 Å². The van der Waals surface area contributed by atoms with E-state index in [4.69, 9.17) is 15.0 Å². The third-order valence-electron chi connectivity index (χ3n) is 7.40. The number of benzene rings is 5. The van der Waals surface area contributed by atoms with Crippen molar-refractivity contribution in [3.05, 3.63) is 134 Å². The molecule has 0 N–H and O–H groups in total. The van der Waals surface area contributed by atoms with Gasteiger partial charge >= 0.3 is 0 Å². The Morgan fingerprint density at radius 1 is 0.439 bits per heavy atom. The molecule has 0 aliphatic rings. The Bertz CT molecular complexity index is 2140. The second-order valence-corrected chi connectivity index (χ2v) is 10.9. The molecular weight excluding hydrogens is 520 g/mol. The molecule has 41 heavy (non-hydrogen) atoms. The molecule has 5 heteroatoms. The summed E-state index contributed by atoms with van der Waals surface area (Å²) in [6.45, 7) is 0. The van der Waals surface area contributed by atoms with Crippen molar-refractivity contribution in [3.8, 4) is 45.3 Å². The molecular formula is C36H22N4S. The van der Waals surface area contributed by atoms with Gasteiger partial charge in [0, 0.05) is 54.0 Å². The zero-order chi connectivity index (χ0) is 27.2. The highest BCUT2D eigenvalue weighted by atomic mass is 32.1. The molecule has 0 aliphatic carbocycles. The molecule has 192 valence electrons. The predicted octanol–water partition coefficient (Wildman–Crippen LogP) is 9.46. The van der Waals surface area contributed by atoms with Crippen molar-refractivity contribution in [1.82, 2.24) is 19.9 Å². The van der Waals surface area contributed by atoms with Crippen LogP contribution in [0.15, 0.2) is 134 Å². The Morgan fingerprint density at radius 2 is 1.05 bits per heavy atom. The maximum Gasteiger partial charge on any atom is 0.164 e. The van der Waals surface area contributed by atoms with Crippen LogP contribution in [0.3, 0.4) is 0 Å². The Hall–Kier alpha value is -5.26. The molecule has 0 aliphatic heterocycles. The standard InChI is InChI=1S/C36H22N4S/c1-3-11-23(12-4-1)34-38-35(24-13-5-2-6-14-24)40-36(39-34)29-18-9-21-31-32(29)28-17-7-16-27(33(28)41-31)25-15-8-20-30-26(25)19-10-22-37-30/h1-22H. The highest BCUT2D eigenvalue weighted by Gasteiger charge is 2.18. The maximum atomic E-state index is 5.03. The van der Waals surface area contributed by atoms with Crippen LogP contribution in [0.1, 0.15) is 0 Å². The highest BCUT2D eigenvalue weighted by molar-refractivity contribution is 7.26. The van der Waals surface area contributed by atoms with Crippen molar-refractivity contribution in [2.45, 2.75) is 0 Å². The van der Waals surface area contributed by atoms with Crippen LogP contribution in [0.25, 0.3) is 76.4 Å². The maximum absolute atomic E-state index is 5.03. The summed E-state index contributed by atoms with van der Waals surface area (Å²) in [7, 11) is 0. The van der Waals surface area contributed by atoms with Gasteiger partial charge in [-0.15, -0.1) is 11.3 Å². The van der Waals surface area contributed by atoms with Crippen LogP contribution in [-0.2, 0) is 0 Å². The monoisotopic (exact) mass is 542 g/mol. The number of fused-ring (bicyclic) bond motifs is 4. The minimum absolute atomic E-state index is 0.662. The van der Waals surface area contributed by atoms with Crippen LogP contribution in [0.2, 0.25) is 0 Å². The van der Waals surface area contributed by atoms with Gasteiger partial charge in [0.15, 0.2) is 17.5 Å². The number of pyridine rings is 1. The summed E-state index contributed by atoms with van der Waals surface area (Å²) in [6, 6.07) is 43.7. The number of hydrogen-bond acceptors (Lipinski definition) is 5. The van der Waals surface area contributed by atoms with E-state index in [9.17, 15) is 0 Å². The molecule has 0 fully saturated rings. The lowest BCUT2D eigenvalue weighted by molar-refractivity contribution is 1.08. The smallest absolute Gasteiger partial charge is 0.164 e. The molecule has 4 nitrogen and oxygen atoms in total. The first-order valence-electron chi connectivity index (χ1n) is 13.5. The van der Waals surface area contributed by atoms with Crippen molar-refractivity contribution in [3.63, 3.8) is 0 Å². The summed E-state index contributed by atoms with van der Waals surface area (Å²) < 4.78 is 2.44. The van der Waals surface area contributed by atoms with E-state index in [0.717, 1.165) is 33.0 Å². The molecule has 0 saturated heterocycles. The molecule has 0 atom stereocenters. The first-order chi connectivity index (χ1) is 20.3. The zero-order valence-electron chi connectivity index (χ0n) is 21.9. The van der Waals surface area contributed by atoms with Crippen LogP contribution in [0, 0.1) is 0 Å². The van der Waals surface area contributed by atoms with Gasteiger partial charge in [-0.1, -0.05) is 109 Å². The summed E-state index contributed by atoms with van der Waals surface area (Å²) in [6.07, 6.45) is 1.85. The van der Waals surface area contributed by atoms with Crippen molar-refractivity contribution >= 4 is 42.4 Å². The summed E-state index contributed by atoms with van der Waals surface area (Å²) in [4.78, 5) is 19.5. The quantitative estimate of drug-likeness (QED) is 0.222. The van der Waals surface area contributed by atoms with Crippen LogP contribution in [-0.4, -0.2) is 19.9 Å². The van der Waals surface area contributed by atoms with Gasteiger partial charge in [0.1, 0.15) is 0 Å². The van der Waals surface area contributed by atoms with E-state index < -0.39 is 0 Å². The van der Waals surface area contributed by atoms with Gasteiger partial charge in [0.05, 0.1) is 5.52 Å². The Morgan fingerprint density at radius 3 is 1.80 bits per heavy atom. The zero-order valence-corrected chi connectivity index (χ0v) is 22.7. The molecule has 0 bridgehead atoms. The molecule has 8 rings (SSSR count). The SMILES string of the molecule is c1ccc(-c2nc(-c3ccccc3)nc(-c3cccc4sc5c(-c6cccc7ncccc67)cccc5c34)n2)cc1. The lowest BCUT2D eigenvalue weighted by Gasteiger charge is -2.10. The van der Waals surface area contributed by atoms with E-state index in [-0.39, 0.29) is 0 Å². The Balaban J connectivity index is 1.39. The molecule has 5 aromatic carbocycles. The molecule has 8 aromatic rings. The second kappa shape index (κ2) is 9.73. The van der Waals surface area contributed by atoms with Gasteiger partial charge in [-0.3, -0.25) is 4.98 Å². The van der Waals surface area contributed by atoms with E-state index in [1.807, 2.05) is 84.3 Å². The average Bonchev–Trinajstić information content (AvgIpc) is 3.44. The number of hydrogen-bond donors (Lipinski definition) is 0. The lowest BCUT2D eigenvalue weighted by Crippen LogP contribution is -2.00. The van der Waals surface area contributed by atoms with Crippen LogP contribution < -0.4 is 0 Å². The van der Waals surface area contributed by atoms with E-state index in [2.05, 4.69) is 65.6 Å². The lowest BCUT2D eigenvalue weighted by atomic mass is 9.98. The fourth-order valence-corrected chi connectivity index (χ4v) is 6.77. The number of nitrogens with zero attached hydrogens (tertiary/aromatic N) is 4. The predicted molar refractivity (Wildman–Crippen MR) is 170 cm³/mol. The largest absolute Gasteiger partial charge is 0.256 e. The summed E-state index contributed by atoms with van der Waals surface area (Å²) in [5.74, 6) is 1.99. The second-order valence-electron chi connectivity index (χ2n) is 9.88. The Labute approximate surface area is 240 Å². The van der Waals surface area contributed by atoms with Crippen molar-refractivity contribution in [2.75, 3.05) is 0 Å². The molecule has 0 radical (unpaired) electrons. The summed E-state index contributed by atoms with van der Waals surface area (Å²) >= 11 is 1.81.